The molecule has 4 nitrogen and oxygen atoms in total. The zero-order valence-corrected chi connectivity index (χ0v) is 11.1. The van der Waals surface area contributed by atoms with Crippen molar-refractivity contribution in [2.45, 2.75) is 6.54 Å². The molecule has 1 heterocycles. The average molecular weight is 277 g/mol. The quantitative estimate of drug-likeness (QED) is 0.932. The molecule has 0 amide bonds. The van der Waals surface area contributed by atoms with Crippen LogP contribution in [0.15, 0.2) is 42.7 Å². The van der Waals surface area contributed by atoms with E-state index >= 15 is 0 Å². The molecule has 0 bridgehead atoms. The monoisotopic (exact) mass is 276 g/mol. The van der Waals surface area contributed by atoms with Crippen molar-refractivity contribution in [1.29, 1.82) is 0 Å². The van der Waals surface area contributed by atoms with Crippen molar-refractivity contribution in [2.24, 2.45) is 0 Å². The molecule has 5 heteroatoms. The molecule has 1 aromatic carbocycles. The van der Waals surface area contributed by atoms with Gasteiger partial charge in [-0.25, -0.2) is 4.79 Å². The number of aromatic carboxylic acids is 1. The van der Waals surface area contributed by atoms with Crippen molar-refractivity contribution in [1.82, 2.24) is 4.98 Å². The van der Waals surface area contributed by atoms with E-state index in [1.165, 1.54) is 6.07 Å². The lowest BCUT2D eigenvalue weighted by atomic mass is 10.1. The van der Waals surface area contributed by atoms with E-state index in [1.54, 1.807) is 24.5 Å². The van der Waals surface area contributed by atoms with Crippen LogP contribution in [0, 0.1) is 0 Å². The highest BCUT2D eigenvalue weighted by molar-refractivity contribution is 6.31. The smallest absolute Gasteiger partial charge is 0.337 e. The maximum Gasteiger partial charge on any atom is 0.337 e. The SMILES string of the molecule is CN(Cc1cccnc1)c1ccc(Cl)cc1C(=O)O. The van der Waals surface area contributed by atoms with Crippen molar-refractivity contribution in [3.8, 4) is 0 Å². The molecule has 2 aromatic rings. The second kappa shape index (κ2) is 5.71. The second-order valence-corrected chi connectivity index (χ2v) is 4.62. The fourth-order valence-corrected chi connectivity index (χ4v) is 2.04. The third kappa shape index (κ3) is 3.23. The molecule has 0 atom stereocenters. The van der Waals surface area contributed by atoms with Crippen LogP contribution in [0.3, 0.4) is 0 Å². The summed E-state index contributed by atoms with van der Waals surface area (Å²) < 4.78 is 0. The number of carboxylic acids is 1. The van der Waals surface area contributed by atoms with E-state index in [-0.39, 0.29) is 5.56 Å². The molecule has 0 spiro atoms. The second-order valence-electron chi connectivity index (χ2n) is 4.18. The van der Waals surface area contributed by atoms with E-state index in [2.05, 4.69) is 4.98 Å². The highest BCUT2D eigenvalue weighted by Crippen LogP contribution is 2.24. The molecule has 0 unspecified atom stereocenters. The number of anilines is 1. The lowest BCUT2D eigenvalue weighted by Crippen LogP contribution is -2.19. The van der Waals surface area contributed by atoms with Gasteiger partial charge in [0.2, 0.25) is 0 Å². The molecule has 0 radical (unpaired) electrons. The van der Waals surface area contributed by atoms with Gasteiger partial charge in [-0.3, -0.25) is 4.98 Å². The largest absolute Gasteiger partial charge is 0.478 e. The number of carboxylic acid groups (broad SMARTS) is 1. The number of aromatic nitrogens is 1. The summed E-state index contributed by atoms with van der Waals surface area (Å²) in [5, 5.41) is 9.62. The molecule has 2 rings (SSSR count). The third-order valence-electron chi connectivity index (χ3n) is 2.74. The van der Waals surface area contributed by atoms with Crippen LogP contribution in [0.1, 0.15) is 15.9 Å². The van der Waals surface area contributed by atoms with Crippen LogP contribution in [0.25, 0.3) is 0 Å². The van der Waals surface area contributed by atoms with Crippen LogP contribution >= 0.6 is 11.6 Å². The maximum atomic E-state index is 11.2. The van der Waals surface area contributed by atoms with E-state index in [1.807, 2.05) is 24.1 Å². The number of halogens is 1. The van der Waals surface area contributed by atoms with Gasteiger partial charge in [0.05, 0.1) is 11.3 Å². The van der Waals surface area contributed by atoms with Crippen LogP contribution in [0.5, 0.6) is 0 Å². The Morgan fingerprint density at radius 2 is 2.21 bits per heavy atom. The van der Waals surface area contributed by atoms with Gasteiger partial charge >= 0.3 is 5.97 Å². The first kappa shape index (κ1) is 13.4. The van der Waals surface area contributed by atoms with Gasteiger partial charge in [-0.2, -0.15) is 0 Å². The van der Waals surface area contributed by atoms with Crippen molar-refractivity contribution in [3.05, 3.63) is 58.9 Å². The Labute approximate surface area is 116 Å². The highest BCUT2D eigenvalue weighted by Gasteiger charge is 2.14. The summed E-state index contributed by atoms with van der Waals surface area (Å²) >= 11 is 5.83. The predicted molar refractivity (Wildman–Crippen MR) is 74.8 cm³/mol. The summed E-state index contributed by atoms with van der Waals surface area (Å²) in [6.45, 7) is 0.579. The summed E-state index contributed by atoms with van der Waals surface area (Å²) in [5.41, 5.74) is 1.83. The van der Waals surface area contributed by atoms with Crippen molar-refractivity contribution in [2.75, 3.05) is 11.9 Å². The number of hydrogen-bond acceptors (Lipinski definition) is 3. The first-order chi connectivity index (χ1) is 9.08. The van der Waals surface area contributed by atoms with E-state index in [0.29, 0.717) is 17.3 Å². The van der Waals surface area contributed by atoms with Crippen molar-refractivity contribution < 1.29 is 9.90 Å². The molecule has 0 aliphatic heterocycles. The first-order valence-electron chi connectivity index (χ1n) is 5.71. The van der Waals surface area contributed by atoms with Gasteiger partial charge in [0.25, 0.3) is 0 Å². The lowest BCUT2D eigenvalue weighted by Gasteiger charge is -2.21. The lowest BCUT2D eigenvalue weighted by molar-refractivity contribution is 0.0697. The number of carbonyl (C=O) groups is 1. The Bertz CT molecular complexity index is 587. The molecule has 19 heavy (non-hydrogen) atoms. The molecule has 0 fully saturated rings. The van der Waals surface area contributed by atoms with Gasteiger partial charge in [0.15, 0.2) is 0 Å². The van der Waals surface area contributed by atoms with Crippen LogP contribution in [-0.4, -0.2) is 23.1 Å². The van der Waals surface area contributed by atoms with Gasteiger partial charge in [-0.05, 0) is 29.8 Å². The van der Waals surface area contributed by atoms with Crippen molar-refractivity contribution >= 4 is 23.3 Å². The maximum absolute atomic E-state index is 11.2. The Hall–Kier alpha value is -2.07. The average Bonchev–Trinajstić information content (AvgIpc) is 2.39. The van der Waals surface area contributed by atoms with Crippen LogP contribution in [0.2, 0.25) is 5.02 Å². The molecule has 0 aliphatic carbocycles. The summed E-state index contributed by atoms with van der Waals surface area (Å²) in [6, 6.07) is 8.65. The molecule has 98 valence electrons. The normalized spacial score (nSPS) is 10.2. The Kier molecular flexibility index (Phi) is 4.02. The van der Waals surface area contributed by atoms with Gasteiger partial charge in [0, 0.05) is 31.0 Å². The topological polar surface area (TPSA) is 53.4 Å². The van der Waals surface area contributed by atoms with E-state index < -0.39 is 5.97 Å². The first-order valence-corrected chi connectivity index (χ1v) is 6.08. The fourth-order valence-electron chi connectivity index (χ4n) is 1.86. The summed E-state index contributed by atoms with van der Waals surface area (Å²) in [4.78, 5) is 17.1. The third-order valence-corrected chi connectivity index (χ3v) is 2.98. The minimum atomic E-state index is -0.990. The molecular weight excluding hydrogens is 264 g/mol. The summed E-state index contributed by atoms with van der Waals surface area (Å²) in [5.74, 6) is -0.990. The Balaban J connectivity index is 2.28. The molecule has 0 saturated carbocycles. The van der Waals surface area contributed by atoms with Crippen LogP contribution < -0.4 is 4.90 Å². The number of rotatable bonds is 4. The molecule has 1 aromatic heterocycles. The Morgan fingerprint density at radius 3 is 2.84 bits per heavy atom. The minimum Gasteiger partial charge on any atom is -0.478 e. The van der Waals surface area contributed by atoms with Crippen LogP contribution in [-0.2, 0) is 6.54 Å². The zero-order valence-electron chi connectivity index (χ0n) is 10.4. The highest BCUT2D eigenvalue weighted by atomic mass is 35.5. The molecule has 1 N–H and O–H groups in total. The molecule has 0 aliphatic rings. The number of hydrogen-bond donors (Lipinski definition) is 1. The standard InChI is InChI=1S/C14H13ClN2O2/c1-17(9-10-3-2-6-16-8-10)13-5-4-11(15)7-12(13)14(18)19/h2-8H,9H2,1H3,(H,18,19). The van der Waals surface area contributed by atoms with E-state index in [9.17, 15) is 9.90 Å². The molecule has 0 saturated heterocycles. The summed E-state index contributed by atoms with van der Waals surface area (Å²) in [7, 11) is 1.84. The van der Waals surface area contributed by atoms with E-state index in [0.717, 1.165) is 5.56 Å². The van der Waals surface area contributed by atoms with E-state index in [4.69, 9.17) is 11.6 Å². The van der Waals surface area contributed by atoms with Gasteiger partial charge in [-0.15, -0.1) is 0 Å². The number of nitrogens with zero attached hydrogens (tertiary/aromatic N) is 2. The van der Waals surface area contributed by atoms with Gasteiger partial charge < -0.3 is 10.0 Å². The number of benzene rings is 1. The summed E-state index contributed by atoms with van der Waals surface area (Å²) in [6.07, 6.45) is 3.46. The van der Waals surface area contributed by atoms with Crippen LogP contribution in [0.4, 0.5) is 5.69 Å². The minimum absolute atomic E-state index is 0.193. The molecular formula is C14H13ClN2O2. The predicted octanol–water partition coefficient (Wildman–Crippen LogP) is 3.07. The Morgan fingerprint density at radius 1 is 1.42 bits per heavy atom. The van der Waals surface area contributed by atoms with Crippen molar-refractivity contribution in [3.63, 3.8) is 0 Å². The number of pyridine rings is 1. The van der Waals surface area contributed by atoms with Gasteiger partial charge in [-0.1, -0.05) is 17.7 Å². The van der Waals surface area contributed by atoms with Gasteiger partial charge in [0.1, 0.15) is 0 Å². The zero-order chi connectivity index (χ0) is 13.8. The fraction of sp³-hybridized carbons (Fsp3) is 0.143.